The van der Waals surface area contributed by atoms with Gasteiger partial charge in [0, 0.05) is 26.2 Å². The van der Waals surface area contributed by atoms with Gasteiger partial charge in [0.1, 0.15) is 0 Å². The van der Waals surface area contributed by atoms with E-state index in [2.05, 4.69) is 4.90 Å². The number of aliphatic hydroxyl groups excluding tert-OH is 1. The molecule has 1 rings (SSSR count). The molecule has 0 amide bonds. The van der Waals surface area contributed by atoms with Gasteiger partial charge in [-0.2, -0.15) is 0 Å². The van der Waals surface area contributed by atoms with Gasteiger partial charge >= 0.3 is 0 Å². The first-order valence-corrected chi connectivity index (χ1v) is 4.15. The Balaban J connectivity index is 2.29. The number of hydrogen-bond donors (Lipinski definition) is 1. The lowest BCUT2D eigenvalue weighted by Gasteiger charge is -2.21. The van der Waals surface area contributed by atoms with E-state index in [-0.39, 0.29) is 12.6 Å². The first-order valence-electron chi connectivity index (χ1n) is 4.15. The van der Waals surface area contributed by atoms with Crippen LogP contribution >= 0.6 is 0 Å². The Morgan fingerprint density at radius 1 is 1.73 bits per heavy atom. The van der Waals surface area contributed by atoms with E-state index in [0.29, 0.717) is 6.10 Å². The smallest absolute Gasteiger partial charge is 0.0710 e. The first-order chi connectivity index (χ1) is 5.27. The van der Waals surface area contributed by atoms with E-state index in [1.165, 1.54) is 0 Å². The fourth-order valence-electron chi connectivity index (χ4n) is 1.46. The number of likely N-dealkylation sites (tertiary alicyclic amines) is 1. The van der Waals surface area contributed by atoms with Crippen molar-refractivity contribution in [1.29, 1.82) is 0 Å². The molecule has 0 saturated carbocycles. The topological polar surface area (TPSA) is 32.7 Å². The minimum absolute atomic E-state index is 0.246. The molecule has 0 aromatic carbocycles. The third kappa shape index (κ3) is 2.15. The molecule has 0 aromatic rings. The zero-order valence-electron chi connectivity index (χ0n) is 7.29. The molecule has 3 nitrogen and oxygen atoms in total. The SMILES string of the molecule is COC1CCN(C(C)CO)C1. The average molecular weight is 159 g/mol. The fourth-order valence-corrected chi connectivity index (χ4v) is 1.46. The molecule has 0 bridgehead atoms. The molecule has 0 aromatic heterocycles. The summed E-state index contributed by atoms with van der Waals surface area (Å²) in [5.74, 6) is 0. The summed E-state index contributed by atoms with van der Waals surface area (Å²) in [4.78, 5) is 2.26. The molecular weight excluding hydrogens is 142 g/mol. The fraction of sp³-hybridized carbons (Fsp3) is 1.00. The van der Waals surface area contributed by atoms with Crippen molar-refractivity contribution in [1.82, 2.24) is 4.90 Å². The van der Waals surface area contributed by atoms with Gasteiger partial charge in [-0.15, -0.1) is 0 Å². The van der Waals surface area contributed by atoms with Gasteiger partial charge in [-0.25, -0.2) is 0 Å². The van der Waals surface area contributed by atoms with Crippen molar-refractivity contribution in [2.75, 3.05) is 26.8 Å². The van der Waals surface area contributed by atoms with Crippen LogP contribution in [0.3, 0.4) is 0 Å². The predicted octanol–water partition coefficient (Wildman–Crippen LogP) is 0.0879. The maximum atomic E-state index is 8.87. The number of methoxy groups -OCH3 is 1. The molecule has 1 heterocycles. The summed E-state index contributed by atoms with van der Waals surface area (Å²) < 4.78 is 5.21. The van der Waals surface area contributed by atoms with Gasteiger partial charge < -0.3 is 9.84 Å². The molecule has 0 spiro atoms. The van der Waals surface area contributed by atoms with Crippen molar-refractivity contribution in [3.63, 3.8) is 0 Å². The van der Waals surface area contributed by atoms with Gasteiger partial charge in [0.15, 0.2) is 0 Å². The van der Waals surface area contributed by atoms with Crippen LogP contribution in [0.5, 0.6) is 0 Å². The second-order valence-corrected chi connectivity index (χ2v) is 3.17. The highest BCUT2D eigenvalue weighted by Crippen LogP contribution is 2.14. The van der Waals surface area contributed by atoms with Crippen molar-refractivity contribution < 1.29 is 9.84 Å². The van der Waals surface area contributed by atoms with Crippen molar-refractivity contribution in [2.24, 2.45) is 0 Å². The minimum Gasteiger partial charge on any atom is -0.395 e. The van der Waals surface area contributed by atoms with Crippen molar-refractivity contribution in [3.8, 4) is 0 Å². The first kappa shape index (κ1) is 8.97. The van der Waals surface area contributed by atoms with Crippen LogP contribution in [0.4, 0.5) is 0 Å². The predicted molar refractivity (Wildman–Crippen MR) is 43.5 cm³/mol. The van der Waals surface area contributed by atoms with E-state index in [1.54, 1.807) is 7.11 Å². The average Bonchev–Trinajstić information content (AvgIpc) is 2.50. The van der Waals surface area contributed by atoms with E-state index in [9.17, 15) is 0 Å². The summed E-state index contributed by atoms with van der Waals surface area (Å²) in [6, 6.07) is 0.287. The number of ether oxygens (including phenoxy) is 1. The molecule has 66 valence electrons. The van der Waals surface area contributed by atoms with Crippen molar-refractivity contribution in [3.05, 3.63) is 0 Å². The minimum atomic E-state index is 0.246. The molecule has 2 unspecified atom stereocenters. The Labute approximate surface area is 68.0 Å². The maximum Gasteiger partial charge on any atom is 0.0710 e. The third-order valence-corrected chi connectivity index (χ3v) is 2.40. The van der Waals surface area contributed by atoms with E-state index in [4.69, 9.17) is 9.84 Å². The van der Waals surface area contributed by atoms with E-state index < -0.39 is 0 Å². The standard InChI is InChI=1S/C8H17NO2/c1-7(6-10)9-4-3-8(5-9)11-2/h7-8,10H,3-6H2,1-2H3. The molecule has 3 heteroatoms. The summed E-state index contributed by atoms with van der Waals surface area (Å²) in [5, 5.41) is 8.87. The van der Waals surface area contributed by atoms with Crippen LogP contribution in [0.2, 0.25) is 0 Å². The molecule has 0 radical (unpaired) electrons. The molecule has 2 atom stereocenters. The lowest BCUT2D eigenvalue weighted by molar-refractivity contribution is 0.0925. The van der Waals surface area contributed by atoms with Crippen LogP contribution in [0.1, 0.15) is 13.3 Å². The lowest BCUT2D eigenvalue weighted by atomic mass is 10.3. The van der Waals surface area contributed by atoms with Crippen molar-refractivity contribution in [2.45, 2.75) is 25.5 Å². The van der Waals surface area contributed by atoms with Crippen LogP contribution < -0.4 is 0 Å². The van der Waals surface area contributed by atoms with Crippen LogP contribution in [0, 0.1) is 0 Å². The normalized spacial score (nSPS) is 29.2. The number of hydrogen-bond acceptors (Lipinski definition) is 3. The largest absolute Gasteiger partial charge is 0.395 e. The molecular formula is C8H17NO2. The Bertz CT molecular complexity index is 119. The van der Waals surface area contributed by atoms with Crippen LogP contribution in [-0.4, -0.2) is 49.0 Å². The van der Waals surface area contributed by atoms with Gasteiger partial charge in [0.25, 0.3) is 0 Å². The molecule has 1 aliphatic heterocycles. The van der Waals surface area contributed by atoms with Crippen LogP contribution in [0.25, 0.3) is 0 Å². The van der Waals surface area contributed by atoms with E-state index in [0.717, 1.165) is 19.5 Å². The van der Waals surface area contributed by atoms with Gasteiger partial charge in [0.2, 0.25) is 0 Å². The summed E-state index contributed by atoms with van der Waals surface area (Å²) in [7, 11) is 1.75. The number of nitrogens with zero attached hydrogens (tertiary/aromatic N) is 1. The Kier molecular flexibility index (Phi) is 3.30. The van der Waals surface area contributed by atoms with E-state index >= 15 is 0 Å². The van der Waals surface area contributed by atoms with E-state index in [1.807, 2.05) is 6.92 Å². The molecule has 1 aliphatic rings. The molecule has 1 saturated heterocycles. The monoisotopic (exact) mass is 159 g/mol. The molecule has 1 fully saturated rings. The highest BCUT2D eigenvalue weighted by atomic mass is 16.5. The lowest BCUT2D eigenvalue weighted by Crippen LogP contribution is -2.34. The summed E-state index contributed by atoms with van der Waals surface area (Å²) >= 11 is 0. The molecule has 0 aliphatic carbocycles. The van der Waals surface area contributed by atoms with Gasteiger partial charge in [-0.1, -0.05) is 0 Å². The number of aliphatic hydroxyl groups is 1. The van der Waals surface area contributed by atoms with Gasteiger partial charge in [-0.05, 0) is 13.3 Å². The molecule has 1 N–H and O–H groups in total. The van der Waals surface area contributed by atoms with Gasteiger partial charge in [0.05, 0.1) is 12.7 Å². The summed E-state index contributed by atoms with van der Waals surface area (Å²) in [5.41, 5.74) is 0. The quantitative estimate of drug-likeness (QED) is 0.633. The second kappa shape index (κ2) is 4.04. The summed E-state index contributed by atoms with van der Waals surface area (Å²) in [6.07, 6.45) is 1.48. The number of rotatable bonds is 3. The zero-order valence-corrected chi connectivity index (χ0v) is 7.29. The molecule has 11 heavy (non-hydrogen) atoms. The second-order valence-electron chi connectivity index (χ2n) is 3.17. The van der Waals surface area contributed by atoms with Crippen LogP contribution in [-0.2, 0) is 4.74 Å². The maximum absolute atomic E-state index is 8.87. The zero-order chi connectivity index (χ0) is 8.27. The Hall–Kier alpha value is -0.120. The highest BCUT2D eigenvalue weighted by Gasteiger charge is 2.24. The Morgan fingerprint density at radius 3 is 2.91 bits per heavy atom. The van der Waals surface area contributed by atoms with Gasteiger partial charge in [-0.3, -0.25) is 4.90 Å². The Morgan fingerprint density at radius 2 is 2.45 bits per heavy atom. The summed E-state index contributed by atoms with van der Waals surface area (Å²) in [6.45, 7) is 4.31. The highest BCUT2D eigenvalue weighted by molar-refractivity contribution is 4.79. The third-order valence-electron chi connectivity index (χ3n) is 2.40. The van der Waals surface area contributed by atoms with Crippen LogP contribution in [0.15, 0.2) is 0 Å². The van der Waals surface area contributed by atoms with Crippen molar-refractivity contribution >= 4 is 0 Å².